The first-order valence-corrected chi connectivity index (χ1v) is 9.48. The Balaban J connectivity index is 1.58. The fraction of sp³-hybridized carbons (Fsp3) is 0.238. The maximum absolute atomic E-state index is 12.5. The lowest BCUT2D eigenvalue weighted by Crippen LogP contribution is -2.25. The van der Waals surface area contributed by atoms with Crippen LogP contribution in [0.2, 0.25) is 5.02 Å². The molecule has 2 amide bonds. The molecular formula is C21H22ClN3O4. The van der Waals surface area contributed by atoms with E-state index in [1.54, 1.807) is 0 Å². The number of nitrogens with one attached hydrogen (secondary N) is 1. The van der Waals surface area contributed by atoms with Crippen LogP contribution in [0.15, 0.2) is 48.7 Å². The molecule has 0 saturated heterocycles. The quantitative estimate of drug-likeness (QED) is 0.525. The zero-order chi connectivity index (χ0) is 20.8. The van der Waals surface area contributed by atoms with Crippen LogP contribution in [0.25, 0.3) is 10.9 Å². The van der Waals surface area contributed by atoms with Crippen LogP contribution >= 0.6 is 11.6 Å². The van der Waals surface area contributed by atoms with Gasteiger partial charge in [0.05, 0.1) is 12.1 Å². The van der Waals surface area contributed by atoms with Gasteiger partial charge < -0.3 is 25.1 Å². The van der Waals surface area contributed by atoms with Crippen LogP contribution in [0, 0.1) is 0 Å². The molecular weight excluding hydrogens is 394 g/mol. The highest BCUT2D eigenvalue weighted by molar-refractivity contribution is 6.32. The molecule has 0 aliphatic rings. The van der Waals surface area contributed by atoms with E-state index in [4.69, 9.17) is 26.8 Å². The number of para-hydroxylation sites is 1. The summed E-state index contributed by atoms with van der Waals surface area (Å²) in [7, 11) is 1.42. The van der Waals surface area contributed by atoms with Gasteiger partial charge in [-0.1, -0.05) is 29.8 Å². The minimum atomic E-state index is -0.639. The van der Waals surface area contributed by atoms with Gasteiger partial charge in [0.25, 0.3) is 11.8 Å². The van der Waals surface area contributed by atoms with Crippen LogP contribution in [-0.4, -0.2) is 36.6 Å². The first-order valence-electron chi connectivity index (χ1n) is 9.10. The van der Waals surface area contributed by atoms with Crippen molar-refractivity contribution in [2.75, 3.05) is 20.3 Å². The standard InChI is InChI=1S/C21H22ClN3O4/c1-28-18-12-15(11-16(22)20(18)29-13-19(23)26)21(27)24-8-4-9-25-10-7-14-5-2-3-6-17(14)25/h2-3,5-7,10-12H,4,8-9,13H2,1H3,(H2,23,26)(H,24,27). The Morgan fingerprint density at radius 1 is 1.21 bits per heavy atom. The topological polar surface area (TPSA) is 95.6 Å². The number of benzene rings is 2. The van der Waals surface area contributed by atoms with Crippen molar-refractivity contribution in [2.24, 2.45) is 5.73 Å². The average Bonchev–Trinajstić information content (AvgIpc) is 3.12. The maximum atomic E-state index is 12.5. The molecule has 0 aliphatic heterocycles. The molecule has 3 N–H and O–H groups in total. The minimum Gasteiger partial charge on any atom is -0.493 e. The first-order chi connectivity index (χ1) is 14.0. The molecule has 0 saturated carbocycles. The highest BCUT2D eigenvalue weighted by atomic mass is 35.5. The number of primary amides is 1. The van der Waals surface area contributed by atoms with Gasteiger partial charge in [0.1, 0.15) is 0 Å². The highest BCUT2D eigenvalue weighted by Crippen LogP contribution is 2.36. The average molecular weight is 416 g/mol. The van der Waals surface area contributed by atoms with Crippen LogP contribution in [0.4, 0.5) is 0 Å². The van der Waals surface area contributed by atoms with E-state index in [2.05, 4.69) is 28.1 Å². The molecule has 1 heterocycles. The Bertz CT molecular complexity index is 1030. The number of halogens is 1. The van der Waals surface area contributed by atoms with Gasteiger partial charge in [-0.25, -0.2) is 0 Å². The molecule has 152 valence electrons. The lowest BCUT2D eigenvalue weighted by molar-refractivity contribution is -0.119. The summed E-state index contributed by atoms with van der Waals surface area (Å²) in [5.74, 6) is -0.490. The van der Waals surface area contributed by atoms with Gasteiger partial charge in [0.2, 0.25) is 0 Å². The van der Waals surface area contributed by atoms with Crippen LogP contribution in [0.1, 0.15) is 16.8 Å². The van der Waals surface area contributed by atoms with Gasteiger partial charge in [-0.2, -0.15) is 0 Å². The number of hydrogen-bond acceptors (Lipinski definition) is 4. The second kappa shape index (κ2) is 9.34. The zero-order valence-corrected chi connectivity index (χ0v) is 16.7. The van der Waals surface area contributed by atoms with Crippen LogP contribution in [-0.2, 0) is 11.3 Å². The van der Waals surface area contributed by atoms with Gasteiger partial charge in [0.15, 0.2) is 18.1 Å². The molecule has 0 bridgehead atoms. The molecule has 29 heavy (non-hydrogen) atoms. The number of nitrogens with zero attached hydrogens (tertiary/aromatic N) is 1. The number of rotatable bonds is 9. The largest absolute Gasteiger partial charge is 0.493 e. The fourth-order valence-electron chi connectivity index (χ4n) is 3.02. The summed E-state index contributed by atoms with van der Waals surface area (Å²) >= 11 is 6.18. The van der Waals surface area contributed by atoms with Crippen molar-refractivity contribution >= 4 is 34.3 Å². The molecule has 1 aromatic heterocycles. The summed E-state index contributed by atoms with van der Waals surface area (Å²) in [6.45, 7) is 0.957. The van der Waals surface area contributed by atoms with Gasteiger partial charge in [-0.15, -0.1) is 0 Å². The van der Waals surface area contributed by atoms with E-state index in [0.29, 0.717) is 12.1 Å². The Hall–Kier alpha value is -3.19. The molecule has 0 aliphatic carbocycles. The van der Waals surface area contributed by atoms with Crippen LogP contribution in [0.3, 0.4) is 0 Å². The summed E-state index contributed by atoms with van der Waals surface area (Å²) in [6, 6.07) is 13.2. The van der Waals surface area contributed by atoms with Crippen LogP contribution in [0.5, 0.6) is 11.5 Å². The van der Waals surface area contributed by atoms with E-state index >= 15 is 0 Å². The number of aromatic nitrogens is 1. The summed E-state index contributed by atoms with van der Waals surface area (Å²) in [5, 5.41) is 4.23. The number of nitrogens with two attached hydrogens (primary N) is 1. The first kappa shape index (κ1) is 20.5. The number of aryl methyl sites for hydroxylation is 1. The Labute approximate surface area is 173 Å². The van der Waals surface area contributed by atoms with Crippen molar-refractivity contribution in [1.29, 1.82) is 0 Å². The molecule has 0 fully saturated rings. The summed E-state index contributed by atoms with van der Waals surface area (Å²) < 4.78 is 12.6. The zero-order valence-electron chi connectivity index (χ0n) is 16.0. The molecule has 0 atom stereocenters. The van der Waals surface area contributed by atoms with Gasteiger partial charge in [-0.3, -0.25) is 9.59 Å². The number of hydrogen-bond donors (Lipinski definition) is 2. The van der Waals surface area contributed by atoms with Crippen molar-refractivity contribution in [3.05, 3.63) is 59.2 Å². The van der Waals surface area contributed by atoms with Crippen molar-refractivity contribution in [3.8, 4) is 11.5 Å². The van der Waals surface area contributed by atoms with E-state index < -0.39 is 5.91 Å². The van der Waals surface area contributed by atoms with E-state index in [1.807, 2.05) is 18.3 Å². The lowest BCUT2D eigenvalue weighted by atomic mass is 10.2. The summed E-state index contributed by atoms with van der Waals surface area (Å²) in [6.07, 6.45) is 2.82. The van der Waals surface area contributed by atoms with Gasteiger partial charge >= 0.3 is 0 Å². The third kappa shape index (κ3) is 5.00. The Morgan fingerprint density at radius 3 is 2.76 bits per heavy atom. The van der Waals surface area contributed by atoms with Gasteiger partial charge in [-0.05, 0) is 36.1 Å². The van der Waals surface area contributed by atoms with Gasteiger partial charge in [0, 0.05) is 30.4 Å². The maximum Gasteiger partial charge on any atom is 0.255 e. The molecule has 7 nitrogen and oxygen atoms in total. The third-order valence-corrected chi connectivity index (χ3v) is 4.67. The Morgan fingerprint density at radius 2 is 2.00 bits per heavy atom. The lowest BCUT2D eigenvalue weighted by Gasteiger charge is -2.13. The van der Waals surface area contributed by atoms with Crippen molar-refractivity contribution in [1.82, 2.24) is 9.88 Å². The molecule has 2 aromatic carbocycles. The molecule has 3 aromatic rings. The van der Waals surface area contributed by atoms with Crippen LogP contribution < -0.4 is 20.5 Å². The molecule has 0 radical (unpaired) electrons. The predicted molar refractivity (Wildman–Crippen MR) is 112 cm³/mol. The van der Waals surface area contributed by atoms with E-state index in [1.165, 1.54) is 30.1 Å². The number of fused-ring (bicyclic) bond motifs is 1. The fourth-order valence-corrected chi connectivity index (χ4v) is 3.29. The van der Waals surface area contributed by atoms with Crippen molar-refractivity contribution < 1.29 is 19.1 Å². The van der Waals surface area contributed by atoms with Crippen molar-refractivity contribution in [3.63, 3.8) is 0 Å². The van der Waals surface area contributed by atoms with E-state index in [0.717, 1.165) is 13.0 Å². The number of methoxy groups -OCH3 is 1. The number of amides is 2. The molecule has 0 spiro atoms. The summed E-state index contributed by atoms with van der Waals surface area (Å²) in [4.78, 5) is 23.4. The highest BCUT2D eigenvalue weighted by Gasteiger charge is 2.16. The van der Waals surface area contributed by atoms with E-state index in [-0.39, 0.29) is 29.0 Å². The predicted octanol–water partition coefficient (Wildman–Crippen LogP) is 2.99. The van der Waals surface area contributed by atoms with E-state index in [9.17, 15) is 9.59 Å². The molecule has 8 heteroatoms. The number of carbonyl (C=O) groups is 2. The Kier molecular flexibility index (Phi) is 6.61. The monoisotopic (exact) mass is 415 g/mol. The normalized spacial score (nSPS) is 10.7. The molecule has 0 unspecified atom stereocenters. The smallest absolute Gasteiger partial charge is 0.255 e. The second-order valence-corrected chi connectivity index (χ2v) is 6.83. The second-order valence-electron chi connectivity index (χ2n) is 6.42. The summed E-state index contributed by atoms with van der Waals surface area (Å²) in [5.41, 5.74) is 6.59. The number of carbonyl (C=O) groups excluding carboxylic acids is 2. The third-order valence-electron chi connectivity index (χ3n) is 4.39. The molecule has 3 rings (SSSR count). The van der Waals surface area contributed by atoms with Crippen molar-refractivity contribution in [2.45, 2.75) is 13.0 Å². The minimum absolute atomic E-state index is 0.162. The SMILES string of the molecule is COc1cc(C(=O)NCCCn2ccc3ccccc32)cc(Cl)c1OCC(N)=O. The number of ether oxygens (including phenoxy) is 2.